The molecule has 1 amide bonds. The van der Waals surface area contributed by atoms with Crippen LogP contribution in [0.3, 0.4) is 0 Å². The van der Waals surface area contributed by atoms with E-state index in [9.17, 15) is 18.0 Å². The van der Waals surface area contributed by atoms with E-state index < -0.39 is 11.7 Å². The molecule has 1 saturated heterocycles. The van der Waals surface area contributed by atoms with E-state index in [-0.39, 0.29) is 17.6 Å². The summed E-state index contributed by atoms with van der Waals surface area (Å²) < 4.78 is 43.8. The Morgan fingerprint density at radius 2 is 1.58 bits per heavy atom. The van der Waals surface area contributed by atoms with Gasteiger partial charge in [-0.2, -0.15) is 13.2 Å². The van der Waals surface area contributed by atoms with E-state index in [0.29, 0.717) is 25.9 Å². The number of nitrogens with zero attached hydrogens (tertiary/aromatic N) is 1. The predicted molar refractivity (Wildman–Crippen MR) is 92.2 cm³/mol. The number of carbonyl (C=O) groups is 1. The van der Waals surface area contributed by atoms with Crippen LogP contribution in [0.1, 0.15) is 34.3 Å². The van der Waals surface area contributed by atoms with Gasteiger partial charge < -0.3 is 9.64 Å². The second-order valence-corrected chi connectivity index (χ2v) is 6.50. The van der Waals surface area contributed by atoms with Gasteiger partial charge in [-0.05, 0) is 43.3 Å². The summed E-state index contributed by atoms with van der Waals surface area (Å²) in [6.45, 7) is 3.06. The first kappa shape index (κ1) is 18.3. The van der Waals surface area contributed by atoms with Crippen LogP contribution >= 0.6 is 0 Å². The van der Waals surface area contributed by atoms with Gasteiger partial charge in [0.15, 0.2) is 0 Å². The zero-order valence-electron chi connectivity index (χ0n) is 14.4. The molecule has 1 aliphatic rings. The summed E-state index contributed by atoms with van der Waals surface area (Å²) in [6, 6.07) is 12.2. The summed E-state index contributed by atoms with van der Waals surface area (Å²) in [5.74, 6) is 0.565. The smallest absolute Gasteiger partial charge is 0.416 e. The Morgan fingerprint density at radius 3 is 2.12 bits per heavy atom. The Balaban J connectivity index is 1.55. The summed E-state index contributed by atoms with van der Waals surface area (Å²) in [6.07, 6.45) is -2.97. The average Bonchev–Trinajstić information content (AvgIpc) is 2.63. The number of carbonyl (C=O) groups excluding carboxylic acids is 1. The first-order valence-corrected chi connectivity index (χ1v) is 8.53. The summed E-state index contributed by atoms with van der Waals surface area (Å²) in [5, 5.41) is 0. The zero-order chi connectivity index (χ0) is 18.7. The number of likely N-dealkylation sites (tertiary alicyclic amines) is 1. The van der Waals surface area contributed by atoms with Gasteiger partial charge in [0, 0.05) is 31.5 Å². The molecule has 0 aliphatic carbocycles. The Kier molecular flexibility index (Phi) is 5.20. The molecule has 0 bridgehead atoms. The van der Waals surface area contributed by atoms with Gasteiger partial charge in [-0.15, -0.1) is 0 Å². The normalized spacial score (nSPS) is 15.8. The molecule has 3 nitrogen and oxygen atoms in total. The van der Waals surface area contributed by atoms with Crippen molar-refractivity contribution in [1.82, 2.24) is 4.90 Å². The predicted octanol–water partition coefficient (Wildman–Crippen LogP) is 4.70. The highest BCUT2D eigenvalue weighted by Crippen LogP contribution is 2.29. The molecule has 0 saturated carbocycles. The van der Waals surface area contributed by atoms with Gasteiger partial charge in [-0.1, -0.05) is 17.7 Å². The van der Waals surface area contributed by atoms with Crippen LogP contribution < -0.4 is 4.74 Å². The Hall–Kier alpha value is -2.50. The highest BCUT2D eigenvalue weighted by Gasteiger charge is 2.31. The number of piperidine rings is 1. The number of halogens is 3. The number of alkyl halides is 3. The van der Waals surface area contributed by atoms with E-state index >= 15 is 0 Å². The van der Waals surface area contributed by atoms with Crippen LogP contribution in [0, 0.1) is 6.92 Å². The zero-order valence-corrected chi connectivity index (χ0v) is 14.4. The van der Waals surface area contributed by atoms with Crippen molar-refractivity contribution in [3.8, 4) is 5.75 Å². The Labute approximate surface area is 150 Å². The lowest BCUT2D eigenvalue weighted by molar-refractivity contribution is -0.137. The molecular formula is C20H20F3NO2. The monoisotopic (exact) mass is 363 g/mol. The van der Waals surface area contributed by atoms with Crippen molar-refractivity contribution in [3.05, 3.63) is 65.2 Å². The van der Waals surface area contributed by atoms with Crippen LogP contribution in [0.2, 0.25) is 0 Å². The largest absolute Gasteiger partial charge is 0.490 e. The number of ether oxygens (including phenoxy) is 1. The highest BCUT2D eigenvalue weighted by atomic mass is 19.4. The number of hydrogen-bond acceptors (Lipinski definition) is 2. The second-order valence-electron chi connectivity index (χ2n) is 6.50. The Bertz CT molecular complexity index is 746. The first-order chi connectivity index (χ1) is 12.3. The molecular weight excluding hydrogens is 343 g/mol. The van der Waals surface area contributed by atoms with Crippen LogP contribution in [0.15, 0.2) is 48.5 Å². The number of rotatable bonds is 3. The molecule has 0 unspecified atom stereocenters. The van der Waals surface area contributed by atoms with Crippen molar-refractivity contribution < 1.29 is 22.7 Å². The minimum Gasteiger partial charge on any atom is -0.490 e. The average molecular weight is 363 g/mol. The van der Waals surface area contributed by atoms with Crippen LogP contribution in [0.5, 0.6) is 5.75 Å². The van der Waals surface area contributed by atoms with Gasteiger partial charge in [-0.3, -0.25) is 4.79 Å². The molecule has 0 spiro atoms. The molecule has 3 rings (SSSR count). The van der Waals surface area contributed by atoms with Gasteiger partial charge in [-0.25, -0.2) is 0 Å². The standard InChI is InChI=1S/C20H20F3NO2/c1-14-2-8-17(9-3-14)26-18-10-12-24(13-11-18)19(25)15-4-6-16(7-5-15)20(21,22)23/h2-9,18H,10-13H2,1H3. The lowest BCUT2D eigenvalue weighted by Gasteiger charge is -2.32. The van der Waals surface area contributed by atoms with Crippen molar-refractivity contribution >= 4 is 5.91 Å². The number of hydrogen-bond donors (Lipinski definition) is 0. The third-order valence-corrected chi connectivity index (χ3v) is 4.51. The van der Waals surface area contributed by atoms with Gasteiger partial charge in [0.2, 0.25) is 0 Å². The number of aryl methyl sites for hydroxylation is 1. The van der Waals surface area contributed by atoms with Crippen LogP contribution in [0.4, 0.5) is 13.2 Å². The van der Waals surface area contributed by atoms with E-state index in [1.807, 2.05) is 31.2 Å². The molecule has 0 aromatic heterocycles. The minimum absolute atomic E-state index is 0.0364. The summed E-state index contributed by atoms with van der Waals surface area (Å²) in [7, 11) is 0. The molecule has 2 aromatic rings. The molecule has 1 heterocycles. The van der Waals surface area contributed by atoms with Crippen molar-refractivity contribution in [1.29, 1.82) is 0 Å². The minimum atomic E-state index is -4.40. The van der Waals surface area contributed by atoms with E-state index in [1.54, 1.807) is 4.90 Å². The summed E-state index contributed by atoms with van der Waals surface area (Å²) >= 11 is 0. The third kappa shape index (κ3) is 4.36. The van der Waals surface area contributed by atoms with Gasteiger partial charge in [0.25, 0.3) is 5.91 Å². The molecule has 1 fully saturated rings. The molecule has 0 atom stereocenters. The second kappa shape index (κ2) is 7.40. The lowest BCUT2D eigenvalue weighted by Crippen LogP contribution is -2.41. The summed E-state index contributed by atoms with van der Waals surface area (Å²) in [4.78, 5) is 14.1. The fraction of sp³-hybridized carbons (Fsp3) is 0.350. The molecule has 26 heavy (non-hydrogen) atoms. The Morgan fingerprint density at radius 1 is 1.00 bits per heavy atom. The van der Waals surface area contributed by atoms with Gasteiger partial charge in [0.05, 0.1) is 5.56 Å². The highest BCUT2D eigenvalue weighted by molar-refractivity contribution is 5.94. The maximum Gasteiger partial charge on any atom is 0.416 e. The molecule has 6 heteroatoms. The first-order valence-electron chi connectivity index (χ1n) is 8.53. The van der Waals surface area contributed by atoms with E-state index in [4.69, 9.17) is 4.74 Å². The fourth-order valence-corrected chi connectivity index (χ4v) is 2.97. The van der Waals surface area contributed by atoms with E-state index in [1.165, 1.54) is 12.1 Å². The van der Waals surface area contributed by atoms with Crippen molar-refractivity contribution in [2.45, 2.75) is 32.0 Å². The van der Waals surface area contributed by atoms with Gasteiger partial charge >= 0.3 is 6.18 Å². The topological polar surface area (TPSA) is 29.5 Å². The number of benzene rings is 2. The maximum absolute atomic E-state index is 12.6. The van der Waals surface area contributed by atoms with Crippen LogP contribution in [-0.4, -0.2) is 30.0 Å². The van der Waals surface area contributed by atoms with Crippen LogP contribution in [0.25, 0.3) is 0 Å². The van der Waals surface area contributed by atoms with Crippen molar-refractivity contribution in [2.24, 2.45) is 0 Å². The maximum atomic E-state index is 12.6. The van der Waals surface area contributed by atoms with E-state index in [2.05, 4.69) is 0 Å². The molecule has 138 valence electrons. The SMILES string of the molecule is Cc1ccc(OC2CCN(C(=O)c3ccc(C(F)(F)F)cc3)CC2)cc1. The van der Waals surface area contributed by atoms with Crippen molar-refractivity contribution in [3.63, 3.8) is 0 Å². The molecule has 0 N–H and O–H groups in total. The molecule has 1 aliphatic heterocycles. The lowest BCUT2D eigenvalue weighted by atomic mass is 10.1. The van der Waals surface area contributed by atoms with Gasteiger partial charge in [0.1, 0.15) is 11.9 Å². The third-order valence-electron chi connectivity index (χ3n) is 4.51. The van der Waals surface area contributed by atoms with Crippen molar-refractivity contribution in [2.75, 3.05) is 13.1 Å². The number of amides is 1. The molecule has 0 radical (unpaired) electrons. The van der Waals surface area contributed by atoms with E-state index in [0.717, 1.165) is 23.4 Å². The molecule has 2 aromatic carbocycles. The quantitative estimate of drug-likeness (QED) is 0.791. The fourth-order valence-electron chi connectivity index (χ4n) is 2.97. The van der Waals surface area contributed by atoms with Crippen LogP contribution in [-0.2, 0) is 6.18 Å². The summed E-state index contributed by atoms with van der Waals surface area (Å²) in [5.41, 5.74) is 0.685.